The van der Waals surface area contributed by atoms with Gasteiger partial charge in [0, 0.05) is 42.7 Å². The summed E-state index contributed by atoms with van der Waals surface area (Å²) < 4.78 is 5.50. The summed E-state index contributed by atoms with van der Waals surface area (Å²) in [7, 11) is 0. The van der Waals surface area contributed by atoms with Crippen LogP contribution in [0.3, 0.4) is 0 Å². The van der Waals surface area contributed by atoms with E-state index in [0.717, 1.165) is 31.1 Å². The lowest BCUT2D eigenvalue weighted by Gasteiger charge is -2.38. The molecule has 23 heavy (non-hydrogen) atoms. The van der Waals surface area contributed by atoms with Gasteiger partial charge in [0.05, 0.1) is 0 Å². The number of nitrogens with one attached hydrogen (secondary N) is 1. The second-order valence-corrected chi connectivity index (χ2v) is 6.63. The van der Waals surface area contributed by atoms with Crippen LogP contribution in [0.4, 0.5) is 0 Å². The topological polar surface area (TPSA) is 64.4 Å². The molecule has 1 unspecified atom stereocenters. The van der Waals surface area contributed by atoms with Crippen LogP contribution in [0.25, 0.3) is 0 Å². The van der Waals surface area contributed by atoms with Crippen molar-refractivity contribution in [2.75, 3.05) is 19.8 Å². The van der Waals surface area contributed by atoms with Crippen LogP contribution in [0.1, 0.15) is 38.2 Å². The van der Waals surface area contributed by atoms with E-state index in [-0.39, 0.29) is 29.8 Å². The molecule has 1 aromatic rings. The molecule has 2 rings (SSSR count). The predicted octanol–water partition coefficient (Wildman–Crippen LogP) is 3.05. The number of nitrogens with two attached hydrogens (primary N) is 1. The van der Waals surface area contributed by atoms with Gasteiger partial charge in [0.1, 0.15) is 0 Å². The first-order valence-corrected chi connectivity index (χ1v) is 8.26. The summed E-state index contributed by atoms with van der Waals surface area (Å²) in [5, 5.41) is 3.81. The zero-order chi connectivity index (χ0) is 16.0. The highest BCUT2D eigenvalue weighted by molar-refractivity contribution is 6.30. The van der Waals surface area contributed by atoms with Gasteiger partial charge in [-0.15, -0.1) is 12.4 Å². The van der Waals surface area contributed by atoms with Crippen molar-refractivity contribution in [3.05, 3.63) is 34.9 Å². The third-order valence-electron chi connectivity index (χ3n) is 4.36. The molecule has 4 nitrogen and oxygen atoms in total. The minimum Gasteiger partial charge on any atom is -0.381 e. The van der Waals surface area contributed by atoms with E-state index in [1.807, 2.05) is 19.1 Å². The molecule has 1 amide bonds. The first-order chi connectivity index (χ1) is 10.5. The van der Waals surface area contributed by atoms with Crippen molar-refractivity contribution >= 4 is 29.9 Å². The second kappa shape index (κ2) is 9.48. The van der Waals surface area contributed by atoms with Crippen molar-refractivity contribution in [1.82, 2.24) is 5.32 Å². The van der Waals surface area contributed by atoms with Crippen molar-refractivity contribution in [3.63, 3.8) is 0 Å². The first-order valence-electron chi connectivity index (χ1n) is 7.88. The van der Waals surface area contributed by atoms with Gasteiger partial charge < -0.3 is 15.8 Å². The number of hydrogen-bond acceptors (Lipinski definition) is 3. The molecule has 0 saturated carbocycles. The Morgan fingerprint density at radius 1 is 1.35 bits per heavy atom. The SMILES string of the molecule is CC(N)CCC(=O)NCC1(c2ccc(Cl)cc2)CCOCC1.Cl. The fourth-order valence-corrected chi connectivity index (χ4v) is 2.97. The largest absolute Gasteiger partial charge is 0.381 e. The minimum absolute atomic E-state index is 0. The van der Waals surface area contributed by atoms with Crippen LogP contribution in [0.15, 0.2) is 24.3 Å². The number of rotatable bonds is 6. The molecular weight excluding hydrogens is 335 g/mol. The number of hydrogen-bond donors (Lipinski definition) is 2. The Labute approximate surface area is 149 Å². The van der Waals surface area contributed by atoms with Gasteiger partial charge in [-0.1, -0.05) is 23.7 Å². The van der Waals surface area contributed by atoms with Gasteiger partial charge in [-0.2, -0.15) is 0 Å². The molecular formula is C17H26Cl2N2O2. The van der Waals surface area contributed by atoms with Gasteiger partial charge in [-0.05, 0) is 43.9 Å². The predicted molar refractivity (Wildman–Crippen MR) is 96.3 cm³/mol. The van der Waals surface area contributed by atoms with Crippen molar-refractivity contribution in [1.29, 1.82) is 0 Å². The van der Waals surface area contributed by atoms with Gasteiger partial charge >= 0.3 is 0 Å². The molecule has 0 spiro atoms. The molecule has 6 heteroatoms. The highest BCUT2D eigenvalue weighted by Gasteiger charge is 2.34. The maximum atomic E-state index is 12.0. The highest BCUT2D eigenvalue weighted by Crippen LogP contribution is 2.34. The summed E-state index contributed by atoms with van der Waals surface area (Å²) >= 11 is 5.99. The molecule has 130 valence electrons. The third-order valence-corrected chi connectivity index (χ3v) is 4.61. The van der Waals surface area contributed by atoms with Crippen LogP contribution >= 0.6 is 24.0 Å². The fraction of sp³-hybridized carbons (Fsp3) is 0.588. The average molecular weight is 361 g/mol. The molecule has 0 aliphatic carbocycles. The molecule has 1 aromatic carbocycles. The number of halogens is 2. The molecule has 1 aliphatic heterocycles. The summed E-state index contributed by atoms with van der Waals surface area (Å²) in [6.45, 7) is 3.99. The Morgan fingerprint density at radius 2 is 1.96 bits per heavy atom. The Kier molecular flexibility index (Phi) is 8.34. The third kappa shape index (κ3) is 5.96. The zero-order valence-corrected chi connectivity index (χ0v) is 15.1. The summed E-state index contributed by atoms with van der Waals surface area (Å²) in [4.78, 5) is 12.0. The normalized spacial score (nSPS) is 17.9. The van der Waals surface area contributed by atoms with E-state index in [0.29, 0.717) is 19.4 Å². The molecule has 0 bridgehead atoms. The van der Waals surface area contributed by atoms with Crippen molar-refractivity contribution in [3.8, 4) is 0 Å². The van der Waals surface area contributed by atoms with Crippen LogP contribution in [0.5, 0.6) is 0 Å². The van der Waals surface area contributed by atoms with E-state index in [4.69, 9.17) is 22.1 Å². The first kappa shape index (κ1) is 20.2. The summed E-state index contributed by atoms with van der Waals surface area (Å²) in [5.74, 6) is 0.0668. The number of carbonyl (C=O) groups excluding carboxylic acids is 1. The molecule has 1 aliphatic rings. The van der Waals surface area contributed by atoms with Crippen LogP contribution in [-0.4, -0.2) is 31.7 Å². The number of benzene rings is 1. The maximum absolute atomic E-state index is 12.0. The zero-order valence-electron chi connectivity index (χ0n) is 13.5. The molecule has 0 radical (unpaired) electrons. The van der Waals surface area contributed by atoms with E-state index >= 15 is 0 Å². The van der Waals surface area contributed by atoms with Crippen LogP contribution < -0.4 is 11.1 Å². The fourth-order valence-electron chi connectivity index (χ4n) is 2.85. The van der Waals surface area contributed by atoms with E-state index in [9.17, 15) is 4.79 Å². The van der Waals surface area contributed by atoms with Crippen molar-refractivity contribution in [2.24, 2.45) is 5.73 Å². The second-order valence-electron chi connectivity index (χ2n) is 6.19. The molecule has 3 N–H and O–H groups in total. The standard InChI is InChI=1S/C17H25ClN2O2.ClH/c1-13(19)2-7-16(21)20-12-17(8-10-22-11-9-17)14-3-5-15(18)6-4-14;/h3-6,13H,2,7-12,19H2,1H3,(H,20,21);1H. The lowest BCUT2D eigenvalue weighted by Crippen LogP contribution is -2.44. The molecule has 1 atom stereocenters. The molecule has 0 aromatic heterocycles. The van der Waals surface area contributed by atoms with Crippen LogP contribution in [0.2, 0.25) is 5.02 Å². The van der Waals surface area contributed by atoms with Gasteiger partial charge in [-0.25, -0.2) is 0 Å². The van der Waals surface area contributed by atoms with E-state index < -0.39 is 0 Å². The van der Waals surface area contributed by atoms with Gasteiger partial charge in [0.25, 0.3) is 0 Å². The average Bonchev–Trinajstić information content (AvgIpc) is 2.52. The lowest BCUT2D eigenvalue weighted by molar-refractivity contribution is -0.121. The quantitative estimate of drug-likeness (QED) is 0.819. The van der Waals surface area contributed by atoms with Gasteiger partial charge in [0.15, 0.2) is 0 Å². The van der Waals surface area contributed by atoms with Crippen LogP contribution in [0, 0.1) is 0 Å². The van der Waals surface area contributed by atoms with Gasteiger partial charge in [0.2, 0.25) is 5.91 Å². The molecule has 1 fully saturated rings. The van der Waals surface area contributed by atoms with Gasteiger partial charge in [-0.3, -0.25) is 4.79 Å². The van der Waals surface area contributed by atoms with E-state index in [1.165, 1.54) is 5.56 Å². The number of ether oxygens (including phenoxy) is 1. The Hall–Kier alpha value is -0.810. The molecule has 1 saturated heterocycles. The Morgan fingerprint density at radius 3 is 2.52 bits per heavy atom. The van der Waals surface area contributed by atoms with E-state index in [1.54, 1.807) is 0 Å². The Bertz CT molecular complexity index is 486. The van der Waals surface area contributed by atoms with Crippen molar-refractivity contribution < 1.29 is 9.53 Å². The maximum Gasteiger partial charge on any atom is 0.220 e. The van der Waals surface area contributed by atoms with Crippen molar-refractivity contribution in [2.45, 2.75) is 44.1 Å². The summed E-state index contributed by atoms with van der Waals surface area (Å²) in [5.41, 5.74) is 6.85. The highest BCUT2D eigenvalue weighted by atomic mass is 35.5. The Balaban J connectivity index is 0.00000264. The van der Waals surface area contributed by atoms with Crippen LogP contribution in [-0.2, 0) is 14.9 Å². The summed E-state index contributed by atoms with van der Waals surface area (Å²) in [6, 6.07) is 7.99. The smallest absolute Gasteiger partial charge is 0.220 e. The lowest BCUT2D eigenvalue weighted by atomic mass is 9.74. The monoisotopic (exact) mass is 360 g/mol. The molecule has 1 heterocycles. The number of amides is 1. The van der Waals surface area contributed by atoms with E-state index in [2.05, 4.69) is 17.4 Å². The summed E-state index contributed by atoms with van der Waals surface area (Å²) in [6.07, 6.45) is 3.00. The number of carbonyl (C=O) groups is 1. The minimum atomic E-state index is -0.0627.